The van der Waals surface area contributed by atoms with Gasteiger partial charge in [-0.25, -0.2) is 9.98 Å². The fourth-order valence-corrected chi connectivity index (χ4v) is 2.58. The Labute approximate surface area is 151 Å². The van der Waals surface area contributed by atoms with Gasteiger partial charge in [0.1, 0.15) is 12.8 Å². The van der Waals surface area contributed by atoms with E-state index in [9.17, 15) is 4.79 Å². The fraction of sp³-hybridized carbons (Fsp3) is 0.294. The van der Waals surface area contributed by atoms with Crippen molar-refractivity contribution in [1.82, 2.24) is 15.2 Å². The lowest BCUT2D eigenvalue weighted by Crippen LogP contribution is -2.33. The Morgan fingerprint density at radius 3 is 2.80 bits per heavy atom. The summed E-state index contributed by atoms with van der Waals surface area (Å²) in [5.41, 5.74) is 1.73. The van der Waals surface area contributed by atoms with Crippen molar-refractivity contribution < 1.29 is 9.63 Å². The van der Waals surface area contributed by atoms with Crippen LogP contribution in [0.4, 0.5) is 5.13 Å². The van der Waals surface area contributed by atoms with Crippen molar-refractivity contribution in [2.45, 2.75) is 6.42 Å². The van der Waals surface area contributed by atoms with E-state index in [1.54, 1.807) is 11.7 Å². The van der Waals surface area contributed by atoms with E-state index in [-0.39, 0.29) is 11.6 Å². The van der Waals surface area contributed by atoms with Crippen LogP contribution in [0.2, 0.25) is 0 Å². The quantitative estimate of drug-likeness (QED) is 0.445. The first kappa shape index (κ1) is 18.6. The molecule has 1 aromatic carbocycles. The summed E-state index contributed by atoms with van der Waals surface area (Å²) in [6.07, 6.45) is 2.39. The van der Waals surface area contributed by atoms with Gasteiger partial charge in [-0.05, 0) is 12.0 Å². The lowest BCUT2D eigenvalue weighted by molar-refractivity contribution is -0.114. The summed E-state index contributed by atoms with van der Waals surface area (Å²) in [6.45, 7) is 0.501. The molecule has 0 fully saturated rings. The van der Waals surface area contributed by atoms with Gasteiger partial charge in [0.05, 0.1) is 6.34 Å². The van der Waals surface area contributed by atoms with Crippen LogP contribution >= 0.6 is 11.3 Å². The molecular weight excluding hydrogens is 338 g/mol. The van der Waals surface area contributed by atoms with Crippen LogP contribution in [0, 0.1) is 0 Å². The Kier molecular flexibility index (Phi) is 7.09. The molecule has 0 aliphatic heterocycles. The molecule has 7 nitrogen and oxygen atoms in total. The number of oxime groups is 1. The van der Waals surface area contributed by atoms with E-state index in [0.29, 0.717) is 17.4 Å². The third-order valence-electron chi connectivity index (χ3n) is 3.07. The Morgan fingerprint density at radius 1 is 1.36 bits per heavy atom. The van der Waals surface area contributed by atoms with Gasteiger partial charge in [-0.15, -0.1) is 11.3 Å². The van der Waals surface area contributed by atoms with Gasteiger partial charge in [0.15, 0.2) is 5.71 Å². The second kappa shape index (κ2) is 9.53. The highest BCUT2D eigenvalue weighted by Crippen LogP contribution is 2.19. The van der Waals surface area contributed by atoms with E-state index in [1.807, 2.05) is 49.3 Å². The number of aromatic nitrogens is 1. The zero-order valence-electron chi connectivity index (χ0n) is 14.5. The molecule has 2 aromatic rings. The Balaban J connectivity index is 2.00. The smallest absolute Gasteiger partial charge is 0.275 e. The number of nitrogens with zero attached hydrogens (tertiary/aromatic N) is 4. The molecule has 1 amide bonds. The zero-order valence-corrected chi connectivity index (χ0v) is 15.3. The largest absolute Gasteiger partial charge is 0.398 e. The van der Waals surface area contributed by atoms with Gasteiger partial charge in [0.25, 0.3) is 5.91 Å². The molecule has 0 radical (unpaired) electrons. The first-order valence-corrected chi connectivity index (χ1v) is 8.58. The van der Waals surface area contributed by atoms with Crippen LogP contribution in [0.15, 0.2) is 45.9 Å². The normalized spacial score (nSPS) is 11.6. The van der Waals surface area contributed by atoms with E-state index in [1.165, 1.54) is 18.4 Å². The van der Waals surface area contributed by atoms with Gasteiger partial charge >= 0.3 is 0 Å². The van der Waals surface area contributed by atoms with E-state index in [4.69, 9.17) is 4.84 Å². The van der Waals surface area contributed by atoms with Crippen molar-refractivity contribution in [3.8, 4) is 0 Å². The molecule has 2 rings (SSSR count). The molecule has 0 saturated heterocycles. The van der Waals surface area contributed by atoms with Crippen LogP contribution in [0.3, 0.4) is 0 Å². The van der Waals surface area contributed by atoms with Crippen molar-refractivity contribution in [2.75, 3.05) is 27.7 Å². The van der Waals surface area contributed by atoms with Crippen LogP contribution in [0.25, 0.3) is 0 Å². The van der Waals surface area contributed by atoms with Crippen molar-refractivity contribution in [2.24, 2.45) is 10.1 Å². The molecule has 1 heterocycles. The lowest BCUT2D eigenvalue weighted by Gasteiger charge is -2.06. The molecule has 0 spiro atoms. The first-order chi connectivity index (χ1) is 12.1. The van der Waals surface area contributed by atoms with Crippen molar-refractivity contribution in [3.05, 3.63) is 47.0 Å². The second-order valence-corrected chi connectivity index (χ2v) is 6.17. The number of aliphatic imine (C=N–C) groups is 1. The maximum Gasteiger partial charge on any atom is 0.275 e. The first-order valence-electron chi connectivity index (χ1n) is 7.70. The van der Waals surface area contributed by atoms with Crippen LogP contribution < -0.4 is 5.32 Å². The predicted octanol–water partition coefficient (Wildman–Crippen LogP) is 2.07. The summed E-state index contributed by atoms with van der Waals surface area (Å²) in [7, 11) is 5.14. The Bertz CT molecular complexity index is 741. The van der Waals surface area contributed by atoms with Gasteiger partial charge in [-0.2, -0.15) is 0 Å². The van der Waals surface area contributed by atoms with Crippen LogP contribution in [-0.2, 0) is 16.1 Å². The molecule has 132 valence electrons. The topological polar surface area (TPSA) is 79.2 Å². The van der Waals surface area contributed by atoms with Gasteiger partial charge < -0.3 is 15.1 Å². The minimum Gasteiger partial charge on any atom is -0.398 e. The summed E-state index contributed by atoms with van der Waals surface area (Å²) in [5, 5.41) is 8.94. The molecule has 0 saturated carbocycles. The van der Waals surface area contributed by atoms with Crippen molar-refractivity contribution in [1.29, 1.82) is 0 Å². The number of nitrogens with one attached hydrogen (secondary N) is 1. The number of thiazole rings is 1. The minimum atomic E-state index is -0.328. The summed E-state index contributed by atoms with van der Waals surface area (Å²) in [4.78, 5) is 27.5. The third kappa shape index (κ3) is 6.00. The van der Waals surface area contributed by atoms with E-state index in [2.05, 4.69) is 20.4 Å². The van der Waals surface area contributed by atoms with Crippen molar-refractivity contribution in [3.63, 3.8) is 0 Å². The monoisotopic (exact) mass is 359 g/mol. The van der Waals surface area contributed by atoms with Crippen LogP contribution in [0.1, 0.15) is 11.3 Å². The summed E-state index contributed by atoms with van der Waals surface area (Å²) in [6, 6.07) is 9.95. The van der Waals surface area contributed by atoms with Crippen LogP contribution in [-0.4, -0.2) is 55.6 Å². The number of carbonyl (C=O) groups excluding carboxylic acids is 1. The molecule has 1 N–H and O–H groups in total. The van der Waals surface area contributed by atoms with Gasteiger partial charge in [-0.1, -0.05) is 35.5 Å². The number of amides is 1. The Morgan fingerprint density at radius 2 is 2.12 bits per heavy atom. The minimum absolute atomic E-state index is 0.137. The number of hydrogen-bond acceptors (Lipinski definition) is 6. The predicted molar refractivity (Wildman–Crippen MR) is 101 cm³/mol. The summed E-state index contributed by atoms with van der Waals surface area (Å²) >= 11 is 1.33. The van der Waals surface area contributed by atoms with Gasteiger partial charge in [-0.3, -0.25) is 4.79 Å². The van der Waals surface area contributed by atoms with E-state index < -0.39 is 0 Å². The fourth-order valence-electron chi connectivity index (χ4n) is 1.94. The lowest BCUT2D eigenvalue weighted by atomic mass is 10.1. The maximum absolute atomic E-state index is 12.4. The molecule has 0 bridgehead atoms. The highest BCUT2D eigenvalue weighted by molar-refractivity contribution is 7.13. The molecule has 0 aliphatic rings. The number of benzene rings is 1. The zero-order chi connectivity index (χ0) is 18.1. The average Bonchev–Trinajstić information content (AvgIpc) is 3.07. The second-order valence-electron chi connectivity index (χ2n) is 5.34. The molecule has 0 unspecified atom stereocenters. The van der Waals surface area contributed by atoms with Crippen LogP contribution in [0.5, 0.6) is 0 Å². The van der Waals surface area contributed by atoms with E-state index in [0.717, 1.165) is 12.0 Å². The highest BCUT2D eigenvalue weighted by Gasteiger charge is 2.18. The van der Waals surface area contributed by atoms with E-state index >= 15 is 0 Å². The molecular formula is C17H21N5O2S. The molecule has 25 heavy (non-hydrogen) atoms. The summed E-state index contributed by atoms with van der Waals surface area (Å²) < 4.78 is 0. The Hall–Kier alpha value is -2.74. The number of rotatable bonds is 8. The average molecular weight is 359 g/mol. The standard InChI is InChI=1S/C17H21N5O2S/c1-22(2)12-19-17-20-14(11-25-17)15(21-24-3)16(23)18-10-9-13-7-5-4-6-8-13/h4-8,11-12H,9-10H2,1-3H3,(H,18,23)/b19-12?,21-15+. The SMILES string of the molecule is CO/N=C(/C(=O)NCCc1ccccc1)c1csc(N=CN(C)C)n1. The van der Waals surface area contributed by atoms with Gasteiger partial charge in [0, 0.05) is 26.0 Å². The van der Waals surface area contributed by atoms with Gasteiger partial charge in [0.2, 0.25) is 5.13 Å². The molecule has 0 aliphatic carbocycles. The summed E-state index contributed by atoms with van der Waals surface area (Å²) in [5.74, 6) is -0.328. The molecule has 0 atom stereocenters. The molecule has 1 aromatic heterocycles. The van der Waals surface area contributed by atoms with Crippen molar-refractivity contribution >= 4 is 34.4 Å². The maximum atomic E-state index is 12.4. The molecule has 8 heteroatoms. The number of hydrogen-bond donors (Lipinski definition) is 1. The number of carbonyl (C=O) groups is 1. The highest BCUT2D eigenvalue weighted by atomic mass is 32.1. The third-order valence-corrected chi connectivity index (χ3v) is 3.82.